The van der Waals surface area contributed by atoms with E-state index in [0.29, 0.717) is 0 Å². The van der Waals surface area contributed by atoms with Crippen molar-refractivity contribution < 1.29 is 10.2 Å². The van der Waals surface area contributed by atoms with Crippen LogP contribution >= 0.6 is 0 Å². The number of hydrogen-bond donors (Lipinski definition) is 2. The van der Waals surface area contributed by atoms with E-state index in [4.69, 9.17) is 10.2 Å². The lowest BCUT2D eigenvalue weighted by molar-refractivity contribution is 0.242. The Balaban J connectivity index is -0.000000135. The first-order valence-corrected chi connectivity index (χ1v) is 4.84. The van der Waals surface area contributed by atoms with Crippen LogP contribution in [-0.2, 0) is 0 Å². The summed E-state index contributed by atoms with van der Waals surface area (Å²) in [5.41, 5.74) is 2.33. The molecule has 0 bridgehead atoms. The molecule has 0 fully saturated rings. The third kappa shape index (κ3) is 214. The first kappa shape index (κ1) is 19.0. The summed E-state index contributed by atoms with van der Waals surface area (Å²) in [7, 11) is 0. The van der Waals surface area contributed by atoms with Crippen molar-refractivity contribution in [1.82, 2.24) is 0 Å². The molecule has 0 aromatic heterocycles. The molecular formula is C12H26O2. The summed E-state index contributed by atoms with van der Waals surface area (Å²) in [5.74, 6) is 0. The molecule has 2 N–H and O–H groups in total. The van der Waals surface area contributed by atoms with E-state index in [1.54, 1.807) is 0 Å². The molecule has 0 unspecified atom stereocenters. The zero-order chi connectivity index (χ0) is 12.0. The van der Waals surface area contributed by atoms with Gasteiger partial charge in [0.2, 0.25) is 0 Å². The second-order valence-electron chi connectivity index (χ2n) is 3.57. The zero-order valence-corrected chi connectivity index (χ0v) is 10.1. The average Bonchev–Trinajstić information content (AvgIpc) is 1.98. The summed E-state index contributed by atoms with van der Waals surface area (Å²) in [6.07, 6.45) is 1.44. The van der Waals surface area contributed by atoms with Gasteiger partial charge in [0, 0.05) is 13.2 Å². The fourth-order valence-electron chi connectivity index (χ4n) is 0.224. The topological polar surface area (TPSA) is 40.5 Å². The van der Waals surface area contributed by atoms with Crippen LogP contribution in [-0.4, -0.2) is 23.4 Å². The van der Waals surface area contributed by atoms with Crippen LogP contribution in [0.25, 0.3) is 0 Å². The molecule has 0 rings (SSSR count). The third-order valence-corrected chi connectivity index (χ3v) is 0.566. The van der Waals surface area contributed by atoms with Crippen molar-refractivity contribution in [3.8, 4) is 0 Å². The maximum Gasteiger partial charge on any atom is 0.0431 e. The van der Waals surface area contributed by atoms with Gasteiger partial charge in [0.1, 0.15) is 0 Å². The largest absolute Gasteiger partial charge is 0.396 e. The van der Waals surface area contributed by atoms with Gasteiger partial charge in [-0.2, -0.15) is 0 Å². The number of unbranched alkanes of at least 4 members (excludes halogenated alkanes) is 1. The number of aliphatic hydroxyl groups is 2. The average molecular weight is 202 g/mol. The third-order valence-electron chi connectivity index (χ3n) is 0.566. The molecule has 0 saturated heterocycles. The van der Waals surface area contributed by atoms with Crippen LogP contribution in [0.1, 0.15) is 40.5 Å². The van der Waals surface area contributed by atoms with E-state index in [9.17, 15) is 0 Å². The van der Waals surface area contributed by atoms with E-state index in [-0.39, 0.29) is 13.2 Å². The Kier molecular flexibility index (Phi) is 24.8. The summed E-state index contributed by atoms with van der Waals surface area (Å²) in [4.78, 5) is 0. The smallest absolute Gasteiger partial charge is 0.0431 e. The Hall–Kier alpha value is -0.600. The minimum atomic E-state index is 0.195. The fourth-order valence-corrected chi connectivity index (χ4v) is 0.224. The maximum absolute atomic E-state index is 8.09. The molecule has 86 valence electrons. The number of aliphatic hydroxyl groups excluding tert-OH is 2. The fraction of sp³-hybridized carbons (Fsp3) is 0.667. The van der Waals surface area contributed by atoms with Crippen LogP contribution in [0.4, 0.5) is 0 Å². The van der Waals surface area contributed by atoms with Crippen molar-refractivity contribution in [2.24, 2.45) is 0 Å². The minimum Gasteiger partial charge on any atom is -0.396 e. The van der Waals surface area contributed by atoms with Gasteiger partial charge in [-0.3, -0.25) is 0 Å². The first-order valence-electron chi connectivity index (χ1n) is 4.84. The monoisotopic (exact) mass is 202 g/mol. The highest BCUT2D eigenvalue weighted by Gasteiger charge is 1.77. The minimum absolute atomic E-state index is 0.195. The quantitative estimate of drug-likeness (QED) is 0.545. The molecule has 0 aliphatic rings. The predicted molar refractivity (Wildman–Crippen MR) is 64.4 cm³/mol. The maximum atomic E-state index is 8.09. The van der Waals surface area contributed by atoms with Gasteiger partial charge in [-0.25, -0.2) is 0 Å². The van der Waals surface area contributed by atoms with Gasteiger partial charge < -0.3 is 10.2 Å². The molecule has 0 aromatic rings. The van der Waals surface area contributed by atoms with Gasteiger partial charge in [-0.15, -0.1) is 13.2 Å². The van der Waals surface area contributed by atoms with Crippen molar-refractivity contribution in [3.63, 3.8) is 0 Å². The molecule has 0 aromatic carbocycles. The SMILES string of the molecule is C=C(C)C.C=C(C)C.OCCCCO. The molecule has 0 radical (unpaired) electrons. The van der Waals surface area contributed by atoms with Crippen LogP contribution in [0.5, 0.6) is 0 Å². The van der Waals surface area contributed by atoms with Gasteiger partial charge in [0.15, 0.2) is 0 Å². The highest BCUT2D eigenvalue weighted by Crippen LogP contribution is 1.80. The van der Waals surface area contributed by atoms with Crippen LogP contribution < -0.4 is 0 Å². The first-order chi connectivity index (χ1) is 6.38. The highest BCUT2D eigenvalue weighted by molar-refractivity contribution is 4.79. The second kappa shape index (κ2) is 18.2. The number of hydrogen-bond acceptors (Lipinski definition) is 2. The molecule has 0 atom stereocenters. The van der Waals surface area contributed by atoms with E-state index < -0.39 is 0 Å². The Morgan fingerprint density at radius 1 is 0.786 bits per heavy atom. The van der Waals surface area contributed by atoms with Crippen molar-refractivity contribution in [2.45, 2.75) is 40.5 Å². The Labute approximate surface area is 89.0 Å². The van der Waals surface area contributed by atoms with Crippen molar-refractivity contribution in [3.05, 3.63) is 24.3 Å². The van der Waals surface area contributed by atoms with E-state index >= 15 is 0 Å². The number of allylic oxidation sites excluding steroid dienone is 2. The summed E-state index contributed by atoms with van der Waals surface area (Å²) in [5, 5.41) is 16.2. The Bertz CT molecular complexity index is 104. The molecule has 0 spiro atoms. The second-order valence-corrected chi connectivity index (χ2v) is 3.57. The molecule has 2 heteroatoms. The van der Waals surface area contributed by atoms with Crippen molar-refractivity contribution in [2.75, 3.05) is 13.2 Å². The van der Waals surface area contributed by atoms with E-state index in [2.05, 4.69) is 13.2 Å². The van der Waals surface area contributed by atoms with Crippen LogP contribution in [0.15, 0.2) is 24.3 Å². The van der Waals surface area contributed by atoms with Crippen molar-refractivity contribution >= 4 is 0 Å². The molecule has 0 heterocycles. The molecule has 0 amide bonds. The van der Waals surface area contributed by atoms with E-state index in [1.165, 1.54) is 11.1 Å². The molecule has 0 saturated carbocycles. The summed E-state index contributed by atoms with van der Waals surface area (Å²) in [6.45, 7) is 15.4. The molecular weight excluding hydrogens is 176 g/mol. The van der Waals surface area contributed by atoms with Gasteiger partial charge in [0.25, 0.3) is 0 Å². The summed E-state index contributed by atoms with van der Waals surface area (Å²) in [6, 6.07) is 0. The molecule has 14 heavy (non-hydrogen) atoms. The van der Waals surface area contributed by atoms with Gasteiger partial charge >= 0.3 is 0 Å². The van der Waals surface area contributed by atoms with Gasteiger partial charge in [-0.05, 0) is 40.5 Å². The Morgan fingerprint density at radius 2 is 0.929 bits per heavy atom. The van der Waals surface area contributed by atoms with Crippen LogP contribution in [0.3, 0.4) is 0 Å². The lowest BCUT2D eigenvalue weighted by atomic mass is 10.3. The summed E-state index contributed by atoms with van der Waals surface area (Å²) < 4.78 is 0. The highest BCUT2D eigenvalue weighted by atomic mass is 16.3. The molecule has 2 nitrogen and oxygen atoms in total. The normalized spacial score (nSPS) is 7.57. The van der Waals surface area contributed by atoms with Gasteiger partial charge in [-0.1, -0.05) is 11.1 Å². The van der Waals surface area contributed by atoms with Crippen molar-refractivity contribution in [1.29, 1.82) is 0 Å². The Morgan fingerprint density at radius 3 is 1.00 bits per heavy atom. The lowest BCUT2D eigenvalue weighted by Crippen LogP contribution is -1.85. The summed E-state index contributed by atoms with van der Waals surface area (Å²) >= 11 is 0. The lowest BCUT2D eigenvalue weighted by Gasteiger charge is -1.85. The molecule has 0 aliphatic carbocycles. The van der Waals surface area contributed by atoms with Gasteiger partial charge in [0.05, 0.1) is 0 Å². The standard InChI is InChI=1S/C4H10O2.2C4H8/c5-3-1-2-4-6;2*1-4(2)3/h5-6H,1-4H2;2*1H2,2-3H3. The van der Waals surface area contributed by atoms with E-state index in [1.807, 2.05) is 27.7 Å². The van der Waals surface area contributed by atoms with Crippen LogP contribution in [0, 0.1) is 0 Å². The van der Waals surface area contributed by atoms with Crippen LogP contribution in [0.2, 0.25) is 0 Å². The zero-order valence-electron chi connectivity index (χ0n) is 10.1. The number of rotatable bonds is 3. The van der Waals surface area contributed by atoms with E-state index in [0.717, 1.165) is 12.8 Å². The predicted octanol–water partition coefficient (Wildman–Crippen LogP) is 2.92. The molecule has 0 aliphatic heterocycles.